The van der Waals surface area contributed by atoms with Crippen LogP contribution in [0.4, 0.5) is 14.6 Å². The molecular weight excluding hydrogens is 805 g/mol. The zero-order valence-electron chi connectivity index (χ0n) is 31.9. The summed E-state index contributed by atoms with van der Waals surface area (Å²) in [7, 11) is -6.87. The van der Waals surface area contributed by atoms with E-state index in [1.165, 1.54) is 61.3 Å². The van der Waals surface area contributed by atoms with E-state index in [-0.39, 0.29) is 47.7 Å². The van der Waals surface area contributed by atoms with Crippen LogP contribution in [0.1, 0.15) is 51.3 Å². The quantitative estimate of drug-likeness (QED) is 0.114. The van der Waals surface area contributed by atoms with Gasteiger partial charge >= 0.3 is 0 Å². The zero-order valence-corrected chi connectivity index (χ0v) is 33.6. The van der Waals surface area contributed by atoms with Crippen LogP contribution in [0.3, 0.4) is 0 Å². The molecule has 6 rings (SSSR count). The Balaban J connectivity index is 0.000000225. The number of nitrogens with zero attached hydrogens (tertiary/aromatic N) is 5. The van der Waals surface area contributed by atoms with Gasteiger partial charge in [-0.2, -0.15) is 0 Å². The maximum Gasteiger partial charge on any atom is 0.254 e. The van der Waals surface area contributed by atoms with E-state index in [2.05, 4.69) is 45.0 Å². The lowest BCUT2D eigenvalue weighted by molar-refractivity contribution is 0.0942. The second-order valence-corrected chi connectivity index (χ2v) is 16.8. The third kappa shape index (κ3) is 14.1. The number of anilines is 1. The molecule has 59 heavy (non-hydrogen) atoms. The van der Waals surface area contributed by atoms with Gasteiger partial charge in [0.25, 0.3) is 11.8 Å². The van der Waals surface area contributed by atoms with Crippen LogP contribution in [0.5, 0.6) is 0 Å². The van der Waals surface area contributed by atoms with E-state index >= 15 is 0 Å². The Morgan fingerprint density at radius 2 is 1.10 bits per heavy atom. The van der Waals surface area contributed by atoms with Gasteiger partial charge in [0.2, 0.25) is 20.0 Å². The number of carbonyl (C=O) groups is 2. The summed E-state index contributed by atoms with van der Waals surface area (Å²) in [5.74, 6) is -0.908. The Bertz CT molecular complexity index is 2630. The Morgan fingerprint density at radius 1 is 0.627 bits per heavy atom. The fraction of sp³-hybridized carbons (Fsp3) is 0.175. The Labute approximate surface area is 339 Å². The summed E-state index contributed by atoms with van der Waals surface area (Å²) in [6.07, 6.45) is 7.92. The lowest BCUT2D eigenvalue weighted by atomic mass is 10.1. The number of amides is 2. The van der Waals surface area contributed by atoms with Crippen molar-refractivity contribution < 1.29 is 35.2 Å². The van der Waals surface area contributed by atoms with E-state index in [0.717, 1.165) is 11.8 Å². The standard InChI is InChI=1S/C22H23FN4O3S.C18H16FN5O3S/c1-15(2)27-31(29,30)14-17-6-3-5-16(9-17)11-26-22(28)19-12-24-21(25-13-19)18-7-4-8-20(23)10-18;1-28(26,27)24-16-7-12(5-6-20-16)9-23-18(25)14-10-21-17(22-11-14)13-3-2-4-15(19)8-13/h3-10,12-13,15,27H,11,14H2,1-2H3,(H,26,28);2-8,10-11H,9H2,1H3,(H,20,24)(H,23,25). The van der Waals surface area contributed by atoms with Gasteiger partial charge in [-0.1, -0.05) is 48.5 Å². The number of pyridine rings is 1. The Hall–Kier alpha value is -6.57. The van der Waals surface area contributed by atoms with Gasteiger partial charge < -0.3 is 10.6 Å². The third-order valence-electron chi connectivity index (χ3n) is 7.78. The summed E-state index contributed by atoms with van der Waals surface area (Å²) >= 11 is 0. The van der Waals surface area contributed by atoms with Crippen molar-refractivity contribution in [3.05, 3.63) is 155 Å². The second-order valence-electron chi connectivity index (χ2n) is 13.3. The minimum Gasteiger partial charge on any atom is -0.348 e. The summed E-state index contributed by atoms with van der Waals surface area (Å²) in [6, 6.07) is 21.7. The van der Waals surface area contributed by atoms with E-state index in [0.29, 0.717) is 33.9 Å². The number of hydrogen-bond donors (Lipinski definition) is 4. The summed E-state index contributed by atoms with van der Waals surface area (Å²) in [5.41, 5.74) is 3.58. The first-order valence-electron chi connectivity index (χ1n) is 17.7. The van der Waals surface area contributed by atoms with Crippen molar-refractivity contribution >= 4 is 37.7 Å². The van der Waals surface area contributed by atoms with E-state index in [1.807, 2.05) is 0 Å². The summed E-state index contributed by atoms with van der Waals surface area (Å²) in [4.78, 5) is 45.0. The van der Waals surface area contributed by atoms with Crippen LogP contribution < -0.4 is 20.1 Å². The average molecular weight is 844 g/mol. The van der Waals surface area contributed by atoms with Gasteiger partial charge in [-0.25, -0.2) is 55.3 Å². The van der Waals surface area contributed by atoms with Crippen molar-refractivity contribution in [2.24, 2.45) is 0 Å². The molecule has 0 saturated heterocycles. The van der Waals surface area contributed by atoms with Crippen LogP contribution in [0, 0.1) is 11.6 Å². The molecule has 0 aliphatic heterocycles. The molecule has 0 aliphatic carbocycles. The first-order valence-corrected chi connectivity index (χ1v) is 21.3. The highest BCUT2D eigenvalue weighted by molar-refractivity contribution is 7.92. The van der Waals surface area contributed by atoms with Crippen molar-refractivity contribution in [2.75, 3.05) is 11.0 Å². The molecule has 0 atom stereocenters. The number of benzene rings is 3. The predicted octanol–water partition coefficient (Wildman–Crippen LogP) is 5.02. The number of aromatic nitrogens is 5. The number of hydrogen-bond acceptors (Lipinski definition) is 11. The first kappa shape index (κ1) is 43.6. The molecule has 3 heterocycles. The number of nitrogens with one attached hydrogen (secondary N) is 4. The number of carbonyl (C=O) groups excluding carboxylic acids is 2. The van der Waals surface area contributed by atoms with Crippen molar-refractivity contribution in [1.82, 2.24) is 40.3 Å². The molecule has 4 N–H and O–H groups in total. The monoisotopic (exact) mass is 843 g/mol. The topological polar surface area (TPSA) is 215 Å². The highest BCUT2D eigenvalue weighted by Crippen LogP contribution is 2.17. The van der Waals surface area contributed by atoms with Gasteiger partial charge in [0.1, 0.15) is 17.5 Å². The van der Waals surface area contributed by atoms with Crippen LogP contribution >= 0.6 is 0 Å². The first-order chi connectivity index (χ1) is 28.0. The summed E-state index contributed by atoms with van der Waals surface area (Å²) in [6.45, 7) is 3.90. The molecule has 3 aromatic heterocycles. The molecule has 306 valence electrons. The maximum absolute atomic E-state index is 13.3. The van der Waals surface area contributed by atoms with Gasteiger partial charge in [0, 0.05) is 61.2 Å². The molecule has 0 radical (unpaired) electrons. The molecule has 0 aliphatic rings. The lowest BCUT2D eigenvalue weighted by Gasteiger charge is -2.11. The van der Waals surface area contributed by atoms with E-state index in [4.69, 9.17) is 0 Å². The van der Waals surface area contributed by atoms with E-state index < -0.39 is 37.6 Å². The molecule has 0 bridgehead atoms. The molecule has 0 fully saturated rings. The molecule has 19 heteroatoms. The van der Waals surface area contributed by atoms with Crippen LogP contribution in [0.25, 0.3) is 22.8 Å². The fourth-order valence-corrected chi connectivity index (χ4v) is 7.20. The highest BCUT2D eigenvalue weighted by atomic mass is 32.2. The van der Waals surface area contributed by atoms with Crippen molar-refractivity contribution in [2.45, 2.75) is 38.7 Å². The molecule has 15 nitrogen and oxygen atoms in total. The van der Waals surface area contributed by atoms with Crippen LogP contribution in [0.15, 0.2) is 116 Å². The number of sulfonamides is 2. The van der Waals surface area contributed by atoms with Gasteiger partial charge in [-0.3, -0.25) is 14.3 Å². The highest BCUT2D eigenvalue weighted by Gasteiger charge is 2.14. The molecular formula is C40H39F2N9O6S2. The van der Waals surface area contributed by atoms with Crippen molar-refractivity contribution in [3.63, 3.8) is 0 Å². The normalized spacial score (nSPS) is 11.3. The molecule has 0 saturated carbocycles. The largest absolute Gasteiger partial charge is 0.348 e. The second kappa shape index (κ2) is 19.7. The molecule has 6 aromatic rings. The van der Waals surface area contributed by atoms with Gasteiger partial charge in [-0.15, -0.1) is 0 Å². The zero-order chi connectivity index (χ0) is 42.6. The van der Waals surface area contributed by atoms with Crippen molar-refractivity contribution in [3.8, 4) is 22.8 Å². The van der Waals surface area contributed by atoms with Crippen LogP contribution in [-0.4, -0.2) is 65.9 Å². The number of rotatable bonds is 14. The van der Waals surface area contributed by atoms with Gasteiger partial charge in [0.15, 0.2) is 11.6 Å². The summed E-state index contributed by atoms with van der Waals surface area (Å²) < 4.78 is 78.2. The molecule has 3 aromatic carbocycles. The maximum atomic E-state index is 13.3. The molecule has 0 unspecified atom stereocenters. The Morgan fingerprint density at radius 3 is 1.58 bits per heavy atom. The van der Waals surface area contributed by atoms with E-state index in [1.54, 1.807) is 68.4 Å². The molecule has 2 amide bonds. The molecule has 0 spiro atoms. The van der Waals surface area contributed by atoms with Crippen LogP contribution in [-0.2, 0) is 38.9 Å². The van der Waals surface area contributed by atoms with E-state index in [9.17, 15) is 35.2 Å². The number of halogens is 2. The third-order valence-corrected chi connectivity index (χ3v) is 9.90. The predicted molar refractivity (Wildman–Crippen MR) is 217 cm³/mol. The lowest BCUT2D eigenvalue weighted by Crippen LogP contribution is -2.31. The Kier molecular flexibility index (Phi) is 14.6. The van der Waals surface area contributed by atoms with Crippen molar-refractivity contribution in [1.29, 1.82) is 0 Å². The fourth-order valence-electron chi connectivity index (χ4n) is 5.29. The van der Waals surface area contributed by atoms with Crippen LogP contribution in [0.2, 0.25) is 0 Å². The van der Waals surface area contributed by atoms with Gasteiger partial charge in [-0.05, 0) is 66.9 Å². The minimum atomic E-state index is -3.44. The SMILES string of the molecule is CC(C)NS(=O)(=O)Cc1cccc(CNC(=O)c2cnc(-c3cccc(F)c3)nc2)c1.CS(=O)(=O)Nc1cc(CNC(=O)c2cnc(-c3cccc(F)c3)nc2)ccn1. The minimum absolute atomic E-state index is 0.137. The average Bonchev–Trinajstić information content (AvgIpc) is 3.18. The smallest absolute Gasteiger partial charge is 0.254 e. The summed E-state index contributed by atoms with van der Waals surface area (Å²) in [5, 5.41) is 5.45. The van der Waals surface area contributed by atoms with Gasteiger partial charge in [0.05, 0.1) is 23.1 Å².